The maximum atomic E-state index is 12.9. The summed E-state index contributed by atoms with van der Waals surface area (Å²) in [6.45, 7) is 3.48. The summed E-state index contributed by atoms with van der Waals surface area (Å²) in [5, 5.41) is 14.0. The number of nitro groups is 1. The summed E-state index contributed by atoms with van der Waals surface area (Å²) in [7, 11) is -3.78. The van der Waals surface area contributed by atoms with Crippen LogP contribution < -0.4 is 5.32 Å². The quantitative estimate of drug-likeness (QED) is 0.595. The molecule has 2 aliphatic rings. The first-order valence-electron chi connectivity index (χ1n) is 9.14. The number of piperidine rings is 1. The fourth-order valence-electron chi connectivity index (χ4n) is 3.58. The van der Waals surface area contributed by atoms with Crippen molar-refractivity contribution in [1.82, 2.24) is 14.5 Å². The second-order valence-corrected chi connectivity index (χ2v) is 8.82. The number of nitrogens with one attached hydrogen (secondary N) is 1. The Labute approximate surface area is 158 Å². The molecule has 0 aliphatic carbocycles. The van der Waals surface area contributed by atoms with Crippen LogP contribution in [-0.2, 0) is 14.8 Å². The maximum absolute atomic E-state index is 12.9. The van der Waals surface area contributed by atoms with Gasteiger partial charge in [-0.1, -0.05) is 0 Å². The van der Waals surface area contributed by atoms with E-state index in [9.17, 15) is 23.3 Å². The van der Waals surface area contributed by atoms with E-state index in [-0.39, 0.29) is 29.0 Å². The van der Waals surface area contributed by atoms with Crippen LogP contribution in [0.15, 0.2) is 29.2 Å². The van der Waals surface area contributed by atoms with Gasteiger partial charge < -0.3 is 10.2 Å². The molecule has 1 atom stereocenters. The van der Waals surface area contributed by atoms with Gasteiger partial charge in [0.1, 0.15) is 0 Å². The van der Waals surface area contributed by atoms with Crippen LogP contribution in [0.1, 0.15) is 19.3 Å². The van der Waals surface area contributed by atoms with Gasteiger partial charge in [0, 0.05) is 44.9 Å². The van der Waals surface area contributed by atoms with Crippen LogP contribution in [0.25, 0.3) is 0 Å². The number of rotatable bonds is 4. The second-order valence-electron chi connectivity index (χ2n) is 6.88. The van der Waals surface area contributed by atoms with Crippen molar-refractivity contribution in [3.05, 3.63) is 34.4 Å². The Morgan fingerprint density at radius 3 is 2.56 bits per heavy atom. The number of carbonyl (C=O) groups is 1. The van der Waals surface area contributed by atoms with Gasteiger partial charge in [-0.05, 0) is 37.9 Å². The van der Waals surface area contributed by atoms with E-state index in [4.69, 9.17) is 0 Å². The molecule has 0 saturated carbocycles. The van der Waals surface area contributed by atoms with Crippen LogP contribution in [-0.4, -0.2) is 67.7 Å². The molecule has 2 fully saturated rings. The van der Waals surface area contributed by atoms with Crippen LogP contribution in [0.2, 0.25) is 0 Å². The number of hydrogen-bond acceptors (Lipinski definition) is 6. The Morgan fingerprint density at radius 2 is 1.85 bits per heavy atom. The van der Waals surface area contributed by atoms with Gasteiger partial charge in [0.05, 0.1) is 15.7 Å². The molecule has 0 aromatic heterocycles. The largest absolute Gasteiger partial charge is 0.341 e. The lowest BCUT2D eigenvalue weighted by atomic mass is 9.98. The number of nitrogens with zero attached hydrogens (tertiary/aromatic N) is 3. The first-order chi connectivity index (χ1) is 12.9. The molecular weight excluding hydrogens is 372 g/mol. The zero-order valence-corrected chi connectivity index (χ0v) is 15.9. The van der Waals surface area contributed by atoms with Gasteiger partial charge in [0.15, 0.2) is 0 Å². The smallest absolute Gasteiger partial charge is 0.269 e. The zero-order valence-electron chi connectivity index (χ0n) is 15.0. The van der Waals surface area contributed by atoms with Gasteiger partial charge in [-0.2, -0.15) is 4.31 Å². The molecule has 0 bridgehead atoms. The monoisotopic (exact) mass is 396 g/mol. The minimum atomic E-state index is -3.78. The number of sulfonamides is 1. The summed E-state index contributed by atoms with van der Waals surface area (Å²) in [6, 6.07) is 4.87. The van der Waals surface area contributed by atoms with Gasteiger partial charge in [0.25, 0.3) is 5.69 Å². The van der Waals surface area contributed by atoms with Crippen molar-refractivity contribution in [3.63, 3.8) is 0 Å². The van der Waals surface area contributed by atoms with E-state index in [1.165, 1.54) is 28.6 Å². The molecule has 10 heteroatoms. The summed E-state index contributed by atoms with van der Waals surface area (Å²) >= 11 is 0. The Balaban J connectivity index is 1.72. The van der Waals surface area contributed by atoms with Gasteiger partial charge in [-0.25, -0.2) is 8.42 Å². The predicted molar refractivity (Wildman–Crippen MR) is 98.6 cm³/mol. The average molecular weight is 396 g/mol. The maximum Gasteiger partial charge on any atom is 0.269 e. The molecule has 0 spiro atoms. The van der Waals surface area contributed by atoms with Crippen molar-refractivity contribution in [1.29, 1.82) is 0 Å². The predicted octanol–water partition coefficient (Wildman–Crippen LogP) is 0.817. The molecule has 0 radical (unpaired) electrons. The lowest BCUT2D eigenvalue weighted by Crippen LogP contribution is -2.47. The van der Waals surface area contributed by atoms with Crippen LogP contribution in [0.4, 0.5) is 5.69 Å². The number of non-ortho nitro benzene ring substituents is 1. The standard InChI is InChI=1S/C17H24N4O5S/c22-17(19-10-2-8-18-9-12-19)14-3-1-11-20(13-14)27(25,26)16-6-4-15(5-7-16)21(23)24/h4-7,14,18H,1-3,8-13H2. The summed E-state index contributed by atoms with van der Waals surface area (Å²) in [4.78, 5) is 24.9. The van der Waals surface area contributed by atoms with Crippen LogP contribution in [0.5, 0.6) is 0 Å². The number of amides is 1. The molecule has 27 heavy (non-hydrogen) atoms. The van der Waals surface area contributed by atoms with Crippen molar-refractivity contribution in [2.45, 2.75) is 24.2 Å². The third-order valence-electron chi connectivity index (χ3n) is 5.07. The summed E-state index contributed by atoms with van der Waals surface area (Å²) in [5.41, 5.74) is -0.157. The highest BCUT2D eigenvalue weighted by atomic mass is 32.2. The number of nitro benzene ring substituents is 1. The van der Waals surface area contributed by atoms with Crippen molar-refractivity contribution >= 4 is 21.6 Å². The third kappa shape index (κ3) is 4.45. The van der Waals surface area contributed by atoms with Gasteiger partial charge in [0.2, 0.25) is 15.9 Å². The molecule has 2 heterocycles. The highest BCUT2D eigenvalue weighted by Gasteiger charge is 2.35. The zero-order chi connectivity index (χ0) is 19.4. The first-order valence-corrected chi connectivity index (χ1v) is 10.6. The molecule has 148 valence electrons. The second kappa shape index (κ2) is 8.32. The topological polar surface area (TPSA) is 113 Å². The van der Waals surface area contributed by atoms with E-state index in [1.807, 2.05) is 4.90 Å². The summed E-state index contributed by atoms with van der Waals surface area (Å²) < 4.78 is 27.1. The Morgan fingerprint density at radius 1 is 1.11 bits per heavy atom. The Kier molecular flexibility index (Phi) is 6.08. The minimum Gasteiger partial charge on any atom is -0.341 e. The van der Waals surface area contributed by atoms with E-state index in [2.05, 4.69) is 5.32 Å². The van der Waals surface area contributed by atoms with Crippen LogP contribution in [0, 0.1) is 16.0 Å². The highest BCUT2D eigenvalue weighted by molar-refractivity contribution is 7.89. The van der Waals surface area contributed by atoms with Crippen molar-refractivity contribution < 1.29 is 18.1 Å². The molecule has 3 rings (SSSR count). The SMILES string of the molecule is O=C(C1CCCN(S(=O)(=O)c2ccc([N+](=O)[O-])cc2)C1)N1CCCNCC1. The summed E-state index contributed by atoms with van der Waals surface area (Å²) in [5.74, 6) is -0.327. The van der Waals surface area contributed by atoms with E-state index in [0.717, 1.165) is 19.5 Å². The van der Waals surface area contributed by atoms with Crippen molar-refractivity contribution in [3.8, 4) is 0 Å². The van der Waals surface area contributed by atoms with Gasteiger partial charge in [-0.3, -0.25) is 14.9 Å². The molecule has 1 aromatic rings. The molecule has 1 aromatic carbocycles. The fourth-order valence-corrected chi connectivity index (χ4v) is 5.10. The number of carbonyl (C=O) groups excluding carboxylic acids is 1. The highest BCUT2D eigenvalue weighted by Crippen LogP contribution is 2.26. The minimum absolute atomic E-state index is 0.0140. The number of benzene rings is 1. The van der Waals surface area contributed by atoms with Crippen LogP contribution >= 0.6 is 0 Å². The van der Waals surface area contributed by atoms with E-state index in [1.54, 1.807) is 0 Å². The first kappa shape index (κ1) is 19.7. The summed E-state index contributed by atoms with van der Waals surface area (Å²) in [6.07, 6.45) is 2.19. The Bertz CT molecular complexity index is 788. The molecule has 1 unspecified atom stereocenters. The molecule has 1 amide bonds. The molecule has 2 aliphatic heterocycles. The normalized spacial score (nSPS) is 22.2. The average Bonchev–Trinajstić information content (AvgIpc) is 2.97. The number of hydrogen-bond donors (Lipinski definition) is 1. The lowest BCUT2D eigenvalue weighted by Gasteiger charge is -2.34. The van der Waals surface area contributed by atoms with E-state index >= 15 is 0 Å². The van der Waals surface area contributed by atoms with Crippen molar-refractivity contribution in [2.24, 2.45) is 5.92 Å². The Hall–Kier alpha value is -2.04. The lowest BCUT2D eigenvalue weighted by molar-refractivity contribution is -0.384. The van der Waals surface area contributed by atoms with E-state index < -0.39 is 14.9 Å². The molecular formula is C17H24N4O5S. The van der Waals surface area contributed by atoms with Gasteiger partial charge in [-0.15, -0.1) is 0 Å². The molecule has 2 saturated heterocycles. The van der Waals surface area contributed by atoms with Crippen molar-refractivity contribution in [2.75, 3.05) is 39.3 Å². The molecule has 9 nitrogen and oxygen atoms in total. The third-order valence-corrected chi connectivity index (χ3v) is 6.95. The van der Waals surface area contributed by atoms with Gasteiger partial charge >= 0.3 is 0 Å². The van der Waals surface area contributed by atoms with E-state index in [0.29, 0.717) is 32.5 Å². The van der Waals surface area contributed by atoms with Crippen LogP contribution in [0.3, 0.4) is 0 Å². The molecule has 1 N–H and O–H groups in total. The fraction of sp³-hybridized carbons (Fsp3) is 0.588.